The van der Waals surface area contributed by atoms with Crippen molar-refractivity contribution < 1.29 is 9.90 Å². The Labute approximate surface area is 95.3 Å². The minimum atomic E-state index is -0.886. The largest absolute Gasteiger partial charge is 0.481 e. The first-order valence-electron chi connectivity index (χ1n) is 5.37. The molecule has 0 aromatic carbocycles. The summed E-state index contributed by atoms with van der Waals surface area (Å²) in [5, 5.41) is 13.1. The van der Waals surface area contributed by atoms with Gasteiger partial charge in [0.1, 0.15) is 0 Å². The molecule has 0 aliphatic rings. The summed E-state index contributed by atoms with van der Waals surface area (Å²) >= 11 is 0. The van der Waals surface area contributed by atoms with Crippen LogP contribution in [0.25, 0.3) is 0 Å². The fraction of sp³-hybridized carbons (Fsp3) is 0.636. The van der Waals surface area contributed by atoms with Crippen LogP contribution in [0, 0.1) is 13.8 Å². The number of aryl methyl sites for hydroxylation is 1. The molecule has 1 rings (SSSR count). The highest BCUT2D eigenvalue weighted by atomic mass is 16.4. The predicted molar refractivity (Wildman–Crippen MR) is 61.3 cm³/mol. The normalized spacial score (nSPS) is 13.1. The van der Waals surface area contributed by atoms with Crippen LogP contribution in [0.15, 0.2) is 0 Å². The van der Waals surface area contributed by atoms with Crippen LogP contribution in [0.2, 0.25) is 0 Å². The molecule has 90 valence electrons. The van der Waals surface area contributed by atoms with Gasteiger partial charge in [-0.05, 0) is 27.7 Å². The van der Waals surface area contributed by atoms with Crippen molar-refractivity contribution in [3.05, 3.63) is 17.0 Å². The Hall–Kier alpha value is -1.36. The number of hydrogen-bond acceptors (Lipinski definition) is 3. The highest BCUT2D eigenvalue weighted by molar-refractivity contribution is 5.68. The molecular weight excluding hydrogens is 206 g/mol. The molecule has 1 unspecified atom stereocenters. The van der Waals surface area contributed by atoms with E-state index >= 15 is 0 Å². The zero-order valence-corrected chi connectivity index (χ0v) is 10.2. The molecule has 5 heteroatoms. The second-order valence-electron chi connectivity index (χ2n) is 4.33. The summed E-state index contributed by atoms with van der Waals surface area (Å²) < 4.78 is 1.88. The van der Waals surface area contributed by atoms with Gasteiger partial charge in [-0.1, -0.05) is 0 Å². The summed E-state index contributed by atoms with van der Waals surface area (Å²) in [6, 6.07) is -0.227. The molecule has 3 N–H and O–H groups in total. The van der Waals surface area contributed by atoms with Crippen LogP contribution in [-0.4, -0.2) is 20.9 Å². The fourth-order valence-electron chi connectivity index (χ4n) is 2.01. The first kappa shape index (κ1) is 12.7. The predicted octanol–water partition coefficient (Wildman–Crippen LogP) is 1.56. The Morgan fingerprint density at radius 3 is 2.44 bits per heavy atom. The monoisotopic (exact) mass is 225 g/mol. The quantitative estimate of drug-likeness (QED) is 0.814. The van der Waals surface area contributed by atoms with E-state index in [1.54, 1.807) is 0 Å². The molecule has 16 heavy (non-hydrogen) atoms. The van der Waals surface area contributed by atoms with Gasteiger partial charge in [0.05, 0.1) is 12.1 Å². The van der Waals surface area contributed by atoms with E-state index in [1.807, 2.05) is 32.4 Å². The molecule has 0 saturated carbocycles. The molecule has 0 radical (unpaired) electrons. The topological polar surface area (TPSA) is 81.1 Å². The van der Waals surface area contributed by atoms with E-state index < -0.39 is 12.0 Å². The molecule has 1 aromatic rings. The molecule has 1 atom stereocenters. The van der Waals surface area contributed by atoms with Crippen molar-refractivity contribution in [2.45, 2.75) is 46.2 Å². The number of aliphatic carboxylic acids is 1. The zero-order chi connectivity index (χ0) is 12.5. The lowest BCUT2D eigenvalue weighted by molar-refractivity contribution is -0.137. The van der Waals surface area contributed by atoms with E-state index in [9.17, 15) is 4.79 Å². The third kappa shape index (κ3) is 2.41. The molecule has 0 bridgehead atoms. The standard InChI is InChI=1S/C11H19N3O2/c1-6(2)14-8(4)11(7(3)13-14)9(12)5-10(15)16/h6,9H,5,12H2,1-4H3,(H,15,16). The number of rotatable bonds is 4. The summed E-state index contributed by atoms with van der Waals surface area (Å²) in [5.41, 5.74) is 8.51. The summed E-state index contributed by atoms with van der Waals surface area (Å²) in [7, 11) is 0. The number of nitrogens with zero attached hydrogens (tertiary/aromatic N) is 2. The Kier molecular flexibility index (Phi) is 3.70. The smallest absolute Gasteiger partial charge is 0.305 e. The Morgan fingerprint density at radius 2 is 2.06 bits per heavy atom. The number of nitrogens with two attached hydrogens (primary N) is 1. The highest BCUT2D eigenvalue weighted by Gasteiger charge is 2.20. The van der Waals surface area contributed by atoms with Crippen LogP contribution in [0.1, 0.15) is 49.3 Å². The molecule has 0 aliphatic heterocycles. The van der Waals surface area contributed by atoms with Gasteiger partial charge in [0.2, 0.25) is 0 Å². The minimum absolute atomic E-state index is 0.0640. The number of carboxylic acid groups (broad SMARTS) is 1. The van der Waals surface area contributed by atoms with Crippen LogP contribution < -0.4 is 5.73 Å². The van der Waals surface area contributed by atoms with Gasteiger partial charge in [0.15, 0.2) is 0 Å². The van der Waals surface area contributed by atoms with E-state index in [0.717, 1.165) is 17.0 Å². The Bertz CT molecular complexity index is 396. The van der Waals surface area contributed by atoms with Crippen LogP contribution in [0.4, 0.5) is 0 Å². The van der Waals surface area contributed by atoms with E-state index in [1.165, 1.54) is 0 Å². The highest BCUT2D eigenvalue weighted by Crippen LogP contribution is 2.24. The van der Waals surface area contributed by atoms with Crippen molar-refractivity contribution >= 4 is 5.97 Å². The number of hydrogen-bond donors (Lipinski definition) is 2. The van der Waals surface area contributed by atoms with E-state index in [-0.39, 0.29) is 12.5 Å². The van der Waals surface area contributed by atoms with Crippen molar-refractivity contribution in [2.75, 3.05) is 0 Å². The molecule has 0 saturated heterocycles. The average molecular weight is 225 g/mol. The van der Waals surface area contributed by atoms with Gasteiger partial charge in [-0.3, -0.25) is 9.48 Å². The van der Waals surface area contributed by atoms with Crippen molar-refractivity contribution in [1.29, 1.82) is 0 Å². The average Bonchev–Trinajstić information content (AvgIpc) is 2.40. The molecule has 1 heterocycles. The van der Waals surface area contributed by atoms with Gasteiger partial charge < -0.3 is 10.8 Å². The van der Waals surface area contributed by atoms with Gasteiger partial charge in [0.25, 0.3) is 0 Å². The maximum atomic E-state index is 10.6. The molecule has 0 fully saturated rings. The molecule has 5 nitrogen and oxygen atoms in total. The molecule has 0 amide bonds. The fourth-order valence-corrected chi connectivity index (χ4v) is 2.01. The maximum Gasteiger partial charge on any atom is 0.305 e. The number of aromatic nitrogens is 2. The lowest BCUT2D eigenvalue weighted by atomic mass is 10.0. The Morgan fingerprint density at radius 1 is 1.50 bits per heavy atom. The first-order chi connectivity index (χ1) is 7.34. The zero-order valence-electron chi connectivity index (χ0n) is 10.2. The van der Waals surface area contributed by atoms with E-state index in [0.29, 0.717) is 0 Å². The molecule has 0 spiro atoms. The van der Waals surface area contributed by atoms with Gasteiger partial charge >= 0.3 is 5.97 Å². The minimum Gasteiger partial charge on any atom is -0.481 e. The number of carboxylic acids is 1. The van der Waals surface area contributed by atoms with Crippen LogP contribution >= 0.6 is 0 Å². The van der Waals surface area contributed by atoms with E-state index in [2.05, 4.69) is 5.10 Å². The molecule has 1 aromatic heterocycles. The first-order valence-corrected chi connectivity index (χ1v) is 5.37. The third-order valence-corrected chi connectivity index (χ3v) is 2.64. The van der Waals surface area contributed by atoms with Gasteiger partial charge in [-0.25, -0.2) is 0 Å². The van der Waals surface area contributed by atoms with E-state index in [4.69, 9.17) is 10.8 Å². The SMILES string of the molecule is Cc1nn(C(C)C)c(C)c1C(N)CC(=O)O. The number of carbonyl (C=O) groups is 1. The van der Waals surface area contributed by atoms with Gasteiger partial charge in [-0.15, -0.1) is 0 Å². The summed E-state index contributed by atoms with van der Waals surface area (Å²) in [6.07, 6.45) is -0.0640. The van der Waals surface area contributed by atoms with Crippen LogP contribution in [0.5, 0.6) is 0 Å². The van der Waals surface area contributed by atoms with Crippen molar-refractivity contribution in [3.63, 3.8) is 0 Å². The second-order valence-corrected chi connectivity index (χ2v) is 4.33. The van der Waals surface area contributed by atoms with Crippen LogP contribution in [0.3, 0.4) is 0 Å². The van der Waals surface area contributed by atoms with Crippen molar-refractivity contribution in [3.8, 4) is 0 Å². The summed E-state index contributed by atoms with van der Waals surface area (Å²) in [4.78, 5) is 10.6. The van der Waals surface area contributed by atoms with Crippen LogP contribution in [-0.2, 0) is 4.79 Å². The summed E-state index contributed by atoms with van der Waals surface area (Å²) in [5.74, 6) is -0.886. The second kappa shape index (κ2) is 4.65. The van der Waals surface area contributed by atoms with Crippen molar-refractivity contribution in [1.82, 2.24) is 9.78 Å². The Balaban J connectivity index is 3.09. The molecular formula is C11H19N3O2. The van der Waals surface area contributed by atoms with Crippen molar-refractivity contribution in [2.24, 2.45) is 5.73 Å². The van der Waals surface area contributed by atoms with Gasteiger partial charge in [0, 0.05) is 23.3 Å². The lowest BCUT2D eigenvalue weighted by Crippen LogP contribution is -2.17. The summed E-state index contributed by atoms with van der Waals surface area (Å²) in [6.45, 7) is 7.86. The van der Waals surface area contributed by atoms with Gasteiger partial charge in [-0.2, -0.15) is 5.10 Å². The third-order valence-electron chi connectivity index (χ3n) is 2.64. The molecule has 0 aliphatic carbocycles. The maximum absolute atomic E-state index is 10.6. The lowest BCUT2D eigenvalue weighted by Gasteiger charge is -2.12.